The Balaban J connectivity index is 2.02. The predicted molar refractivity (Wildman–Crippen MR) is 70.2 cm³/mol. The van der Waals surface area contributed by atoms with E-state index in [2.05, 4.69) is 11.8 Å². The fourth-order valence-electron chi connectivity index (χ4n) is 2.55. The zero-order valence-corrected chi connectivity index (χ0v) is 10.8. The first-order valence-corrected chi connectivity index (χ1v) is 6.37. The predicted octanol–water partition coefficient (Wildman–Crippen LogP) is 2.21. The molecule has 1 aliphatic heterocycles. The highest BCUT2D eigenvalue weighted by molar-refractivity contribution is 6.32. The van der Waals surface area contributed by atoms with E-state index < -0.39 is 0 Å². The van der Waals surface area contributed by atoms with Crippen LogP contribution in [0.15, 0.2) is 18.2 Å². The number of benzene rings is 1. The Labute approximate surface area is 107 Å². The second-order valence-electron chi connectivity index (χ2n) is 5.08. The van der Waals surface area contributed by atoms with Gasteiger partial charge in [-0.3, -0.25) is 4.90 Å². The molecule has 2 rings (SSSR count). The van der Waals surface area contributed by atoms with Crippen LogP contribution in [-0.2, 0) is 6.54 Å². The molecule has 1 saturated heterocycles. The molecule has 2 unspecified atom stereocenters. The first-order chi connectivity index (χ1) is 8.04. The third-order valence-corrected chi connectivity index (χ3v) is 3.49. The highest BCUT2D eigenvalue weighted by Crippen LogP contribution is 2.25. The smallest absolute Gasteiger partial charge is 0.134 e. The molecule has 0 aromatic heterocycles. The summed E-state index contributed by atoms with van der Waals surface area (Å²) in [6.07, 6.45) is 1.10. The van der Waals surface area contributed by atoms with Gasteiger partial charge < -0.3 is 10.8 Å². The van der Waals surface area contributed by atoms with Crippen molar-refractivity contribution in [3.8, 4) is 5.75 Å². The fraction of sp³-hybridized carbons (Fsp3) is 0.538. The number of piperidine rings is 1. The molecule has 1 heterocycles. The average molecular weight is 255 g/mol. The monoisotopic (exact) mass is 254 g/mol. The largest absolute Gasteiger partial charge is 0.506 e. The van der Waals surface area contributed by atoms with E-state index in [-0.39, 0.29) is 11.8 Å². The van der Waals surface area contributed by atoms with Crippen molar-refractivity contribution in [3.63, 3.8) is 0 Å². The van der Waals surface area contributed by atoms with Crippen LogP contribution in [0, 0.1) is 5.92 Å². The molecule has 0 bridgehead atoms. The Morgan fingerprint density at radius 1 is 1.47 bits per heavy atom. The molecule has 1 aromatic rings. The van der Waals surface area contributed by atoms with Crippen LogP contribution >= 0.6 is 11.6 Å². The van der Waals surface area contributed by atoms with Crippen molar-refractivity contribution < 1.29 is 5.11 Å². The van der Waals surface area contributed by atoms with Crippen LogP contribution in [0.1, 0.15) is 18.9 Å². The molecule has 1 aromatic carbocycles. The Bertz CT molecular complexity index is 387. The van der Waals surface area contributed by atoms with Crippen molar-refractivity contribution >= 4 is 11.6 Å². The lowest BCUT2D eigenvalue weighted by Crippen LogP contribution is -2.45. The second kappa shape index (κ2) is 5.25. The van der Waals surface area contributed by atoms with Gasteiger partial charge in [-0.15, -0.1) is 0 Å². The summed E-state index contributed by atoms with van der Waals surface area (Å²) in [5.74, 6) is 0.783. The lowest BCUT2D eigenvalue weighted by atomic mass is 9.96. The minimum Gasteiger partial charge on any atom is -0.506 e. The molecule has 1 aliphatic rings. The van der Waals surface area contributed by atoms with Gasteiger partial charge in [-0.1, -0.05) is 24.6 Å². The number of hydrogen-bond acceptors (Lipinski definition) is 3. The lowest BCUT2D eigenvalue weighted by Gasteiger charge is -2.34. The van der Waals surface area contributed by atoms with E-state index in [0.29, 0.717) is 10.9 Å². The van der Waals surface area contributed by atoms with Crippen LogP contribution in [0.2, 0.25) is 5.02 Å². The molecule has 0 aliphatic carbocycles. The Morgan fingerprint density at radius 3 is 2.88 bits per heavy atom. The maximum Gasteiger partial charge on any atom is 0.134 e. The average Bonchev–Trinajstić information content (AvgIpc) is 2.22. The van der Waals surface area contributed by atoms with Crippen LogP contribution in [0.3, 0.4) is 0 Å². The summed E-state index contributed by atoms with van der Waals surface area (Å²) in [6.45, 7) is 5.09. The second-order valence-corrected chi connectivity index (χ2v) is 5.49. The number of aromatic hydroxyl groups is 1. The van der Waals surface area contributed by atoms with Gasteiger partial charge in [-0.2, -0.15) is 0 Å². The van der Waals surface area contributed by atoms with E-state index >= 15 is 0 Å². The molecular formula is C13H19ClN2O. The molecule has 1 fully saturated rings. The van der Waals surface area contributed by atoms with Crippen molar-refractivity contribution in [3.05, 3.63) is 28.8 Å². The number of nitrogens with zero attached hydrogens (tertiary/aromatic N) is 1. The van der Waals surface area contributed by atoms with Gasteiger partial charge >= 0.3 is 0 Å². The summed E-state index contributed by atoms with van der Waals surface area (Å²) >= 11 is 5.90. The molecule has 2 atom stereocenters. The van der Waals surface area contributed by atoms with Crippen LogP contribution in [-0.4, -0.2) is 29.1 Å². The van der Waals surface area contributed by atoms with Crippen molar-refractivity contribution in [1.29, 1.82) is 0 Å². The first kappa shape index (κ1) is 12.7. The van der Waals surface area contributed by atoms with Crippen molar-refractivity contribution in [2.45, 2.75) is 25.9 Å². The highest BCUT2D eigenvalue weighted by atomic mass is 35.5. The number of rotatable bonds is 2. The maximum atomic E-state index is 9.37. The van der Waals surface area contributed by atoms with Gasteiger partial charge in [0.2, 0.25) is 0 Å². The number of likely N-dealkylation sites (tertiary alicyclic amines) is 1. The molecule has 17 heavy (non-hydrogen) atoms. The van der Waals surface area contributed by atoms with Crippen molar-refractivity contribution in [2.24, 2.45) is 11.7 Å². The zero-order valence-electron chi connectivity index (χ0n) is 10.1. The summed E-state index contributed by atoms with van der Waals surface area (Å²) in [4.78, 5) is 2.35. The molecule has 0 amide bonds. The molecule has 94 valence electrons. The summed E-state index contributed by atoms with van der Waals surface area (Å²) in [5, 5.41) is 9.78. The Morgan fingerprint density at radius 2 is 2.24 bits per heavy atom. The van der Waals surface area contributed by atoms with Gasteiger partial charge in [-0.05, 0) is 30.0 Å². The van der Waals surface area contributed by atoms with Gasteiger partial charge in [0.15, 0.2) is 0 Å². The molecule has 4 heteroatoms. The highest BCUT2D eigenvalue weighted by Gasteiger charge is 2.22. The summed E-state index contributed by atoms with van der Waals surface area (Å²) in [6, 6.07) is 5.64. The van der Waals surface area contributed by atoms with Gasteiger partial charge in [0, 0.05) is 25.7 Å². The number of phenols is 1. The fourth-order valence-corrected chi connectivity index (χ4v) is 2.75. The number of hydrogen-bond donors (Lipinski definition) is 2. The number of phenolic OH excluding ortho intramolecular Hbond substituents is 1. The van der Waals surface area contributed by atoms with Crippen molar-refractivity contribution in [2.75, 3.05) is 13.1 Å². The van der Waals surface area contributed by atoms with E-state index in [4.69, 9.17) is 17.3 Å². The number of nitrogens with two attached hydrogens (primary N) is 1. The summed E-state index contributed by atoms with van der Waals surface area (Å²) in [5.41, 5.74) is 7.14. The van der Waals surface area contributed by atoms with E-state index in [1.165, 1.54) is 0 Å². The molecule has 0 saturated carbocycles. The molecular weight excluding hydrogens is 236 g/mol. The van der Waals surface area contributed by atoms with Crippen LogP contribution in [0.25, 0.3) is 0 Å². The van der Waals surface area contributed by atoms with Gasteiger partial charge in [-0.25, -0.2) is 0 Å². The molecule has 0 radical (unpaired) electrons. The van der Waals surface area contributed by atoms with Crippen LogP contribution in [0.4, 0.5) is 0 Å². The first-order valence-electron chi connectivity index (χ1n) is 6.00. The minimum absolute atomic E-state index is 0.138. The quantitative estimate of drug-likeness (QED) is 0.851. The van der Waals surface area contributed by atoms with Crippen molar-refractivity contribution in [1.82, 2.24) is 4.90 Å². The third kappa shape index (κ3) is 3.35. The zero-order chi connectivity index (χ0) is 12.4. The SMILES string of the molecule is CC1CC(N)CN(Cc2ccc(O)c(Cl)c2)C1. The summed E-state index contributed by atoms with van der Waals surface area (Å²) < 4.78 is 0. The molecule has 3 N–H and O–H groups in total. The van der Waals surface area contributed by atoms with E-state index in [0.717, 1.165) is 31.6 Å². The lowest BCUT2D eigenvalue weighted by molar-refractivity contribution is 0.158. The number of halogens is 1. The Hall–Kier alpha value is -0.770. The maximum absolute atomic E-state index is 9.37. The van der Waals surface area contributed by atoms with Crippen LogP contribution in [0.5, 0.6) is 5.75 Å². The topological polar surface area (TPSA) is 49.5 Å². The molecule has 3 nitrogen and oxygen atoms in total. The Kier molecular flexibility index (Phi) is 3.92. The van der Waals surface area contributed by atoms with Gasteiger partial charge in [0.1, 0.15) is 5.75 Å². The van der Waals surface area contributed by atoms with Gasteiger partial charge in [0.05, 0.1) is 5.02 Å². The van der Waals surface area contributed by atoms with E-state index in [1.807, 2.05) is 12.1 Å². The molecule has 0 spiro atoms. The minimum atomic E-state index is 0.138. The van der Waals surface area contributed by atoms with E-state index in [1.54, 1.807) is 6.07 Å². The summed E-state index contributed by atoms with van der Waals surface area (Å²) in [7, 11) is 0. The van der Waals surface area contributed by atoms with E-state index in [9.17, 15) is 5.11 Å². The normalized spacial score (nSPS) is 26.1. The van der Waals surface area contributed by atoms with Gasteiger partial charge in [0.25, 0.3) is 0 Å². The standard InChI is InChI=1S/C13H19ClN2O/c1-9-4-11(15)8-16(6-9)7-10-2-3-13(17)12(14)5-10/h2-3,5,9,11,17H,4,6-8,15H2,1H3. The van der Waals surface area contributed by atoms with Crippen LogP contribution < -0.4 is 5.73 Å². The third-order valence-electron chi connectivity index (χ3n) is 3.19.